The van der Waals surface area contributed by atoms with Gasteiger partial charge in [-0.05, 0) is 30.7 Å². The maximum Gasteiger partial charge on any atom is 0.222 e. The molecule has 0 bridgehead atoms. The number of methoxy groups -OCH3 is 1. The molecule has 0 N–H and O–H groups in total. The molecule has 1 aromatic carbocycles. The van der Waals surface area contributed by atoms with E-state index in [0.717, 1.165) is 11.4 Å². The van der Waals surface area contributed by atoms with Gasteiger partial charge in [-0.1, -0.05) is 0 Å². The molecule has 1 amide bonds. The van der Waals surface area contributed by atoms with E-state index in [1.807, 2.05) is 21.9 Å². The van der Waals surface area contributed by atoms with Crippen LogP contribution in [-0.2, 0) is 9.53 Å². The molecule has 5 rings (SSSR count). The van der Waals surface area contributed by atoms with Crippen LogP contribution in [0.15, 0.2) is 46.6 Å². The molecule has 0 radical (unpaired) electrons. The van der Waals surface area contributed by atoms with E-state index in [4.69, 9.17) is 19.2 Å². The van der Waals surface area contributed by atoms with E-state index in [-0.39, 0.29) is 18.1 Å². The fourth-order valence-electron chi connectivity index (χ4n) is 4.56. The van der Waals surface area contributed by atoms with Crippen LogP contribution < -0.4 is 9.47 Å². The van der Waals surface area contributed by atoms with Crippen molar-refractivity contribution in [3.8, 4) is 11.5 Å². The quantitative estimate of drug-likeness (QED) is 0.392. The predicted molar refractivity (Wildman–Crippen MR) is 134 cm³/mol. The topological polar surface area (TPSA) is 106 Å². The van der Waals surface area contributed by atoms with Crippen LogP contribution in [0.4, 0.5) is 5.69 Å². The number of amidine groups is 2. The molecule has 3 aliphatic rings. The number of aromatic nitrogens is 1. The molecule has 2 aromatic rings. The van der Waals surface area contributed by atoms with Gasteiger partial charge >= 0.3 is 0 Å². The van der Waals surface area contributed by atoms with Crippen LogP contribution in [0.5, 0.6) is 11.5 Å². The van der Waals surface area contributed by atoms with Gasteiger partial charge in [0.1, 0.15) is 17.4 Å². The number of nitrogens with zero attached hydrogens (tertiary/aromatic N) is 5. The highest BCUT2D eigenvalue weighted by molar-refractivity contribution is 6.21. The summed E-state index contributed by atoms with van der Waals surface area (Å²) in [5.74, 6) is 2.50. The predicted octanol–water partition coefficient (Wildman–Crippen LogP) is 2.49. The Morgan fingerprint density at radius 3 is 2.78 bits per heavy atom. The van der Waals surface area contributed by atoms with Gasteiger partial charge in [-0.15, -0.1) is 0 Å². The van der Waals surface area contributed by atoms with Gasteiger partial charge in [-0.2, -0.15) is 0 Å². The molecular weight excluding hydrogens is 462 g/mol. The minimum atomic E-state index is -0.0622. The Balaban J connectivity index is 1.31. The fraction of sp³-hybridized carbons (Fsp3) is 0.423. The van der Waals surface area contributed by atoms with Crippen molar-refractivity contribution >= 4 is 29.0 Å². The number of benzene rings is 1. The second-order valence-electron chi connectivity index (χ2n) is 8.66. The zero-order chi connectivity index (χ0) is 24.9. The SMILES string of the molecule is COc1c(OCCCC(=O)N2CCOCC2)ccc2c1N=C(CC(=O)c1cccnc1)N1CCN=C21. The van der Waals surface area contributed by atoms with E-state index in [0.29, 0.717) is 87.4 Å². The van der Waals surface area contributed by atoms with Crippen LogP contribution in [0.25, 0.3) is 0 Å². The van der Waals surface area contributed by atoms with Gasteiger partial charge in [0.2, 0.25) is 5.91 Å². The standard InChI is InChI=1S/C26H29N5O5/c1-34-25-21(36-13-3-5-23(33)30-11-14-35-15-12-30)7-6-19-24(25)29-22(31-10-9-28-26(19)31)16-20(32)18-4-2-8-27-17-18/h2,4,6-8,17H,3,5,9-16H2,1H3. The molecule has 0 unspecified atom stereocenters. The number of ketones is 1. The highest BCUT2D eigenvalue weighted by Crippen LogP contribution is 2.43. The van der Waals surface area contributed by atoms with Gasteiger partial charge in [0.15, 0.2) is 17.3 Å². The van der Waals surface area contributed by atoms with E-state index in [1.165, 1.54) is 0 Å². The van der Waals surface area contributed by atoms with Crippen LogP contribution in [-0.4, -0.2) is 91.3 Å². The lowest BCUT2D eigenvalue weighted by Crippen LogP contribution is -2.40. The van der Waals surface area contributed by atoms with Crippen molar-refractivity contribution in [1.82, 2.24) is 14.8 Å². The van der Waals surface area contributed by atoms with Gasteiger partial charge in [0, 0.05) is 49.6 Å². The highest BCUT2D eigenvalue weighted by Gasteiger charge is 2.33. The van der Waals surface area contributed by atoms with E-state index < -0.39 is 0 Å². The molecule has 1 saturated heterocycles. The van der Waals surface area contributed by atoms with Crippen molar-refractivity contribution in [2.75, 3.05) is 53.1 Å². The summed E-state index contributed by atoms with van der Waals surface area (Å²) < 4.78 is 17.0. The lowest BCUT2D eigenvalue weighted by Gasteiger charge is -2.28. The van der Waals surface area contributed by atoms with Crippen LogP contribution in [0.1, 0.15) is 35.2 Å². The van der Waals surface area contributed by atoms with Crippen molar-refractivity contribution in [3.05, 3.63) is 47.8 Å². The van der Waals surface area contributed by atoms with Gasteiger partial charge in [-0.25, -0.2) is 4.99 Å². The molecule has 10 heteroatoms. The molecule has 0 spiro atoms. The Labute approximate surface area is 209 Å². The summed E-state index contributed by atoms with van der Waals surface area (Å²) in [5, 5.41) is 0. The average molecular weight is 492 g/mol. The Morgan fingerprint density at radius 2 is 2.00 bits per heavy atom. The molecule has 4 heterocycles. The first-order valence-electron chi connectivity index (χ1n) is 12.2. The number of morpholine rings is 1. The van der Waals surface area contributed by atoms with Crippen LogP contribution in [0.2, 0.25) is 0 Å². The molecule has 188 valence electrons. The largest absolute Gasteiger partial charge is 0.491 e. The number of carbonyl (C=O) groups is 2. The number of carbonyl (C=O) groups excluding carboxylic acids is 2. The number of pyridine rings is 1. The fourth-order valence-corrected chi connectivity index (χ4v) is 4.56. The van der Waals surface area contributed by atoms with Crippen molar-refractivity contribution in [1.29, 1.82) is 0 Å². The van der Waals surface area contributed by atoms with Gasteiger partial charge in [0.25, 0.3) is 0 Å². The summed E-state index contributed by atoms with van der Waals surface area (Å²) >= 11 is 0. The Kier molecular flexibility index (Phi) is 7.22. The zero-order valence-corrected chi connectivity index (χ0v) is 20.3. The van der Waals surface area contributed by atoms with Crippen LogP contribution in [0, 0.1) is 0 Å². The Morgan fingerprint density at radius 1 is 1.14 bits per heavy atom. The van der Waals surface area contributed by atoms with Gasteiger partial charge in [-0.3, -0.25) is 19.6 Å². The first-order chi connectivity index (χ1) is 17.7. The zero-order valence-electron chi connectivity index (χ0n) is 20.3. The third-order valence-corrected chi connectivity index (χ3v) is 6.39. The summed E-state index contributed by atoms with van der Waals surface area (Å²) in [4.78, 5) is 42.7. The monoisotopic (exact) mass is 491 g/mol. The molecular formula is C26H29N5O5. The summed E-state index contributed by atoms with van der Waals surface area (Å²) in [5.41, 5.74) is 1.99. The minimum absolute atomic E-state index is 0.0622. The number of aliphatic imine (C=N–C) groups is 2. The summed E-state index contributed by atoms with van der Waals surface area (Å²) in [6, 6.07) is 7.27. The average Bonchev–Trinajstić information content (AvgIpc) is 3.42. The summed E-state index contributed by atoms with van der Waals surface area (Å²) in [7, 11) is 1.57. The van der Waals surface area contributed by atoms with E-state index in [2.05, 4.69) is 9.98 Å². The number of Topliss-reactive ketones (excluding diaryl/α,β-unsaturated/α-hetero) is 1. The normalized spacial score (nSPS) is 16.6. The molecule has 36 heavy (non-hydrogen) atoms. The first kappa shape index (κ1) is 23.9. The second kappa shape index (κ2) is 10.9. The van der Waals surface area contributed by atoms with E-state index in [1.54, 1.807) is 31.6 Å². The first-order valence-corrected chi connectivity index (χ1v) is 12.2. The molecule has 0 saturated carbocycles. The summed E-state index contributed by atoms with van der Waals surface area (Å²) in [6.45, 7) is 4.14. The van der Waals surface area contributed by atoms with Crippen molar-refractivity contribution in [2.45, 2.75) is 19.3 Å². The number of fused-ring (bicyclic) bond motifs is 3. The number of hydrogen-bond acceptors (Lipinski definition) is 9. The van der Waals surface area contributed by atoms with Crippen molar-refractivity contribution < 1.29 is 23.8 Å². The summed E-state index contributed by atoms with van der Waals surface area (Å²) in [6.07, 6.45) is 4.33. The van der Waals surface area contributed by atoms with Gasteiger partial charge in [0.05, 0.1) is 39.9 Å². The second-order valence-corrected chi connectivity index (χ2v) is 8.66. The van der Waals surface area contributed by atoms with E-state index in [9.17, 15) is 9.59 Å². The number of ether oxygens (including phenoxy) is 3. The lowest BCUT2D eigenvalue weighted by atomic mass is 10.0. The van der Waals surface area contributed by atoms with Gasteiger partial charge < -0.3 is 24.0 Å². The highest BCUT2D eigenvalue weighted by atomic mass is 16.5. The third kappa shape index (κ3) is 4.94. The smallest absolute Gasteiger partial charge is 0.222 e. The maximum atomic E-state index is 12.9. The Bertz CT molecular complexity index is 1190. The maximum absolute atomic E-state index is 12.9. The van der Waals surface area contributed by atoms with Crippen molar-refractivity contribution in [2.24, 2.45) is 9.98 Å². The molecule has 1 fully saturated rings. The number of hydrogen-bond donors (Lipinski definition) is 0. The Hall–Kier alpha value is -3.79. The molecule has 3 aliphatic heterocycles. The number of amides is 1. The molecule has 0 atom stereocenters. The number of rotatable bonds is 9. The minimum Gasteiger partial charge on any atom is -0.491 e. The molecule has 1 aromatic heterocycles. The third-order valence-electron chi connectivity index (χ3n) is 6.39. The van der Waals surface area contributed by atoms with Crippen LogP contribution in [0.3, 0.4) is 0 Å². The van der Waals surface area contributed by atoms with Crippen LogP contribution >= 0.6 is 0 Å². The molecule has 0 aliphatic carbocycles. The lowest BCUT2D eigenvalue weighted by molar-refractivity contribution is -0.135. The van der Waals surface area contributed by atoms with Crippen molar-refractivity contribution in [3.63, 3.8) is 0 Å². The molecule has 10 nitrogen and oxygen atoms in total. The van der Waals surface area contributed by atoms with E-state index >= 15 is 0 Å².